The number of nitrogens with two attached hydrogens (primary N) is 1. The molecule has 0 saturated carbocycles. The maximum atomic E-state index is 10.2. The van der Waals surface area contributed by atoms with E-state index in [9.17, 15) is 15.3 Å². The zero-order valence-electron chi connectivity index (χ0n) is 11.5. The van der Waals surface area contributed by atoms with Gasteiger partial charge in [-0.05, 0) is 22.6 Å². The lowest BCUT2D eigenvalue weighted by atomic mass is 10.1. The summed E-state index contributed by atoms with van der Waals surface area (Å²) < 4.78 is 13.1. The predicted molar refractivity (Wildman–Crippen MR) is 84.2 cm³/mol. The molecule has 1 fully saturated rings. The van der Waals surface area contributed by atoms with Crippen molar-refractivity contribution < 1.29 is 24.8 Å². The van der Waals surface area contributed by atoms with Crippen LogP contribution >= 0.6 is 22.6 Å². The van der Waals surface area contributed by atoms with Gasteiger partial charge in [-0.2, -0.15) is 9.97 Å². The predicted octanol–water partition coefficient (Wildman–Crippen LogP) is -0.762. The zero-order chi connectivity index (χ0) is 16.0. The molecule has 1 aliphatic heterocycles. The molecule has 1 aliphatic rings. The van der Waals surface area contributed by atoms with Crippen molar-refractivity contribution in [3.05, 3.63) is 9.77 Å². The number of fused-ring (bicyclic) bond motifs is 1. The molecule has 2 aromatic heterocycles. The SMILES string of the molecule is COc1nc(N)nc2c1c(I)cn2C1OC(CO)C(O)C1O. The van der Waals surface area contributed by atoms with Gasteiger partial charge in [0.2, 0.25) is 11.8 Å². The van der Waals surface area contributed by atoms with E-state index in [1.807, 2.05) is 0 Å². The Kier molecular flexibility index (Phi) is 4.11. The summed E-state index contributed by atoms with van der Waals surface area (Å²) in [6, 6.07) is 0. The van der Waals surface area contributed by atoms with Gasteiger partial charge in [0.25, 0.3) is 0 Å². The molecule has 0 radical (unpaired) electrons. The minimum atomic E-state index is -1.20. The molecule has 3 heterocycles. The Labute approximate surface area is 138 Å². The summed E-state index contributed by atoms with van der Waals surface area (Å²) in [5, 5.41) is 29.9. The molecule has 2 aromatic rings. The number of aliphatic hydroxyl groups is 3. The van der Waals surface area contributed by atoms with Gasteiger partial charge in [0, 0.05) is 9.77 Å². The first kappa shape index (κ1) is 15.7. The minimum absolute atomic E-state index is 0.0202. The third-order valence-corrected chi connectivity index (χ3v) is 4.41. The molecule has 0 aromatic carbocycles. The Morgan fingerprint density at radius 3 is 2.73 bits per heavy atom. The third-order valence-electron chi connectivity index (χ3n) is 3.59. The Bertz CT molecular complexity index is 708. The van der Waals surface area contributed by atoms with Crippen molar-refractivity contribution in [2.75, 3.05) is 19.5 Å². The number of hydrogen-bond donors (Lipinski definition) is 4. The fourth-order valence-electron chi connectivity index (χ4n) is 2.54. The number of aliphatic hydroxyl groups excluding tert-OH is 3. The fraction of sp³-hybridized carbons (Fsp3) is 0.500. The molecule has 0 amide bonds. The highest BCUT2D eigenvalue weighted by Gasteiger charge is 2.44. The van der Waals surface area contributed by atoms with E-state index in [4.69, 9.17) is 15.2 Å². The lowest BCUT2D eigenvalue weighted by molar-refractivity contribution is -0.0509. The lowest BCUT2D eigenvalue weighted by Crippen LogP contribution is -2.33. The molecule has 10 heteroatoms. The Morgan fingerprint density at radius 2 is 2.14 bits per heavy atom. The average molecular weight is 422 g/mol. The molecule has 1 saturated heterocycles. The molecular formula is C12H15IN4O5. The molecule has 3 rings (SSSR count). The molecule has 120 valence electrons. The number of aromatic nitrogens is 3. The molecule has 4 unspecified atom stereocenters. The number of hydrogen-bond acceptors (Lipinski definition) is 8. The highest BCUT2D eigenvalue weighted by Crippen LogP contribution is 2.36. The summed E-state index contributed by atoms with van der Waals surface area (Å²) in [6.45, 7) is -0.397. The first-order valence-corrected chi connectivity index (χ1v) is 7.55. The van der Waals surface area contributed by atoms with Crippen molar-refractivity contribution in [3.63, 3.8) is 0 Å². The van der Waals surface area contributed by atoms with Crippen LogP contribution < -0.4 is 10.5 Å². The van der Waals surface area contributed by atoms with Crippen LogP contribution in [0.3, 0.4) is 0 Å². The maximum absolute atomic E-state index is 10.2. The minimum Gasteiger partial charge on any atom is -0.480 e. The van der Waals surface area contributed by atoms with Crippen LogP contribution in [0.1, 0.15) is 6.23 Å². The van der Waals surface area contributed by atoms with Crippen LogP contribution in [0.25, 0.3) is 11.0 Å². The summed E-state index contributed by atoms with van der Waals surface area (Å²) in [5.41, 5.74) is 6.10. The van der Waals surface area contributed by atoms with Gasteiger partial charge >= 0.3 is 0 Å². The van der Waals surface area contributed by atoms with E-state index in [1.54, 1.807) is 10.8 Å². The Morgan fingerprint density at radius 1 is 1.41 bits per heavy atom. The Balaban J connectivity index is 2.14. The van der Waals surface area contributed by atoms with Crippen LogP contribution in [0.5, 0.6) is 5.88 Å². The number of ether oxygens (including phenoxy) is 2. The number of methoxy groups -OCH3 is 1. The second kappa shape index (κ2) is 5.77. The standard InChI is InChI=1S/C12H15IN4O5/c1-21-10-6-4(13)2-17(9(6)15-12(14)16-10)11-8(20)7(19)5(3-18)22-11/h2,5,7-8,11,18-20H,3H2,1H3,(H2,14,15,16). The van der Waals surface area contributed by atoms with Gasteiger partial charge in [-0.25, -0.2) is 0 Å². The summed E-state index contributed by atoms with van der Waals surface area (Å²) in [5.74, 6) is 0.337. The van der Waals surface area contributed by atoms with E-state index >= 15 is 0 Å². The van der Waals surface area contributed by atoms with Gasteiger partial charge in [0.05, 0.1) is 19.1 Å². The fourth-order valence-corrected chi connectivity index (χ4v) is 3.31. The highest BCUT2D eigenvalue weighted by atomic mass is 127. The maximum Gasteiger partial charge on any atom is 0.228 e. The van der Waals surface area contributed by atoms with Crippen LogP contribution in [-0.2, 0) is 4.74 Å². The van der Waals surface area contributed by atoms with E-state index in [2.05, 4.69) is 32.6 Å². The first-order chi connectivity index (χ1) is 10.5. The van der Waals surface area contributed by atoms with Crippen molar-refractivity contribution in [1.29, 1.82) is 0 Å². The van der Waals surface area contributed by atoms with Crippen molar-refractivity contribution in [2.24, 2.45) is 0 Å². The normalized spacial score (nSPS) is 28.4. The molecule has 0 bridgehead atoms. The molecule has 0 spiro atoms. The largest absolute Gasteiger partial charge is 0.480 e. The number of rotatable bonds is 3. The van der Waals surface area contributed by atoms with Crippen LogP contribution in [0.2, 0.25) is 0 Å². The topological polar surface area (TPSA) is 136 Å². The van der Waals surface area contributed by atoms with Gasteiger partial charge < -0.3 is 35.1 Å². The average Bonchev–Trinajstić information content (AvgIpc) is 2.97. The smallest absolute Gasteiger partial charge is 0.228 e. The first-order valence-electron chi connectivity index (χ1n) is 6.48. The molecule has 0 aliphatic carbocycles. The van der Waals surface area contributed by atoms with E-state index in [0.29, 0.717) is 16.9 Å². The summed E-state index contributed by atoms with van der Waals surface area (Å²) in [7, 11) is 1.47. The highest BCUT2D eigenvalue weighted by molar-refractivity contribution is 14.1. The van der Waals surface area contributed by atoms with Crippen LogP contribution in [0.15, 0.2) is 6.20 Å². The van der Waals surface area contributed by atoms with Gasteiger partial charge in [-0.15, -0.1) is 0 Å². The molecule has 22 heavy (non-hydrogen) atoms. The Hall–Kier alpha value is -1.21. The quantitative estimate of drug-likeness (QED) is 0.474. The van der Waals surface area contributed by atoms with Crippen LogP contribution in [0.4, 0.5) is 5.95 Å². The summed E-state index contributed by atoms with van der Waals surface area (Å²) >= 11 is 2.08. The lowest BCUT2D eigenvalue weighted by Gasteiger charge is -2.17. The number of nitrogens with zero attached hydrogens (tertiary/aromatic N) is 3. The molecule has 4 atom stereocenters. The van der Waals surface area contributed by atoms with Crippen molar-refractivity contribution in [1.82, 2.24) is 14.5 Å². The van der Waals surface area contributed by atoms with Crippen LogP contribution in [-0.4, -0.2) is 61.9 Å². The van der Waals surface area contributed by atoms with E-state index in [-0.39, 0.29) is 5.95 Å². The van der Waals surface area contributed by atoms with Gasteiger partial charge in [0.15, 0.2) is 11.9 Å². The molecule has 9 nitrogen and oxygen atoms in total. The number of halogens is 1. The second-order valence-corrected chi connectivity index (χ2v) is 6.07. The zero-order valence-corrected chi connectivity index (χ0v) is 13.7. The van der Waals surface area contributed by atoms with Crippen molar-refractivity contribution in [2.45, 2.75) is 24.5 Å². The van der Waals surface area contributed by atoms with Gasteiger partial charge in [0.1, 0.15) is 18.3 Å². The third kappa shape index (κ3) is 2.31. The van der Waals surface area contributed by atoms with Gasteiger partial charge in [-0.1, -0.05) is 0 Å². The molecule has 5 N–H and O–H groups in total. The van der Waals surface area contributed by atoms with Crippen molar-refractivity contribution >= 4 is 39.6 Å². The monoisotopic (exact) mass is 422 g/mol. The number of anilines is 1. The van der Waals surface area contributed by atoms with E-state index in [1.165, 1.54) is 7.11 Å². The van der Waals surface area contributed by atoms with E-state index in [0.717, 1.165) is 3.57 Å². The second-order valence-electron chi connectivity index (χ2n) is 4.90. The molecular weight excluding hydrogens is 407 g/mol. The van der Waals surface area contributed by atoms with Crippen molar-refractivity contribution in [3.8, 4) is 5.88 Å². The van der Waals surface area contributed by atoms with Crippen LogP contribution in [0, 0.1) is 3.57 Å². The number of nitrogen functional groups attached to an aromatic ring is 1. The van der Waals surface area contributed by atoms with E-state index < -0.39 is 31.1 Å². The van der Waals surface area contributed by atoms with Gasteiger partial charge in [-0.3, -0.25) is 0 Å². The summed E-state index contributed by atoms with van der Waals surface area (Å²) in [4.78, 5) is 8.19. The summed E-state index contributed by atoms with van der Waals surface area (Å²) in [6.07, 6.45) is -2.45.